The molecule has 0 unspecified atom stereocenters. The van der Waals surface area contributed by atoms with Gasteiger partial charge in [-0.3, -0.25) is 4.57 Å². The molecule has 0 saturated carbocycles. The average molecular weight is 190 g/mol. The lowest BCUT2D eigenvalue weighted by atomic mass is 10.5. The molecular formula is C9H10N4O. The Morgan fingerprint density at radius 1 is 1.36 bits per heavy atom. The lowest BCUT2D eigenvalue weighted by Crippen LogP contribution is -1.98. The predicted octanol–water partition coefficient (Wildman–Crippen LogP) is 0.979. The summed E-state index contributed by atoms with van der Waals surface area (Å²) in [5.74, 6) is 0.539. The molecule has 5 nitrogen and oxygen atoms in total. The second-order valence-electron chi connectivity index (χ2n) is 2.84. The largest absolute Gasteiger partial charge is 0.479 e. The molecule has 14 heavy (non-hydrogen) atoms. The Morgan fingerprint density at radius 2 is 2.21 bits per heavy atom. The highest BCUT2D eigenvalue weighted by Gasteiger charge is 2.05. The standard InChI is InChI=1S/C9H10N4O/c1-7-4-13(6-12-7)8-3-10-5-11-9(8)14-2/h3-6H,1-2H3. The SMILES string of the molecule is COc1ncncc1-n1cnc(C)c1. The van der Waals surface area contributed by atoms with E-state index in [0.29, 0.717) is 5.88 Å². The molecular weight excluding hydrogens is 180 g/mol. The molecule has 0 fully saturated rings. The van der Waals surface area contributed by atoms with E-state index in [9.17, 15) is 0 Å². The van der Waals surface area contributed by atoms with Crippen molar-refractivity contribution in [2.45, 2.75) is 6.92 Å². The molecule has 0 aromatic carbocycles. The van der Waals surface area contributed by atoms with Gasteiger partial charge in [0.15, 0.2) is 0 Å². The summed E-state index contributed by atoms with van der Waals surface area (Å²) in [5.41, 5.74) is 1.73. The summed E-state index contributed by atoms with van der Waals surface area (Å²) in [7, 11) is 1.58. The van der Waals surface area contributed by atoms with Gasteiger partial charge in [0.2, 0.25) is 5.88 Å². The maximum Gasteiger partial charge on any atom is 0.241 e. The summed E-state index contributed by atoms with van der Waals surface area (Å²) in [6.45, 7) is 1.92. The predicted molar refractivity (Wildman–Crippen MR) is 50.4 cm³/mol. The maximum atomic E-state index is 5.11. The van der Waals surface area contributed by atoms with Crippen LogP contribution in [0.5, 0.6) is 5.88 Å². The van der Waals surface area contributed by atoms with E-state index in [-0.39, 0.29) is 0 Å². The van der Waals surface area contributed by atoms with Crippen LogP contribution < -0.4 is 4.74 Å². The zero-order valence-corrected chi connectivity index (χ0v) is 8.01. The van der Waals surface area contributed by atoms with Crippen molar-refractivity contribution < 1.29 is 4.74 Å². The molecule has 5 heteroatoms. The van der Waals surface area contributed by atoms with Crippen molar-refractivity contribution in [2.24, 2.45) is 0 Å². The Labute approximate surface area is 81.4 Å². The molecule has 0 aliphatic carbocycles. The van der Waals surface area contributed by atoms with Crippen molar-refractivity contribution in [3.8, 4) is 11.6 Å². The zero-order valence-electron chi connectivity index (χ0n) is 8.01. The Bertz CT molecular complexity index is 438. The molecule has 72 valence electrons. The fraction of sp³-hybridized carbons (Fsp3) is 0.222. The van der Waals surface area contributed by atoms with Crippen LogP contribution in [0.3, 0.4) is 0 Å². The lowest BCUT2D eigenvalue weighted by Gasteiger charge is -2.05. The number of hydrogen-bond acceptors (Lipinski definition) is 4. The van der Waals surface area contributed by atoms with Gasteiger partial charge in [-0.25, -0.2) is 9.97 Å². The van der Waals surface area contributed by atoms with Crippen molar-refractivity contribution in [2.75, 3.05) is 7.11 Å². The van der Waals surface area contributed by atoms with Gasteiger partial charge in [-0.1, -0.05) is 0 Å². The number of imidazole rings is 1. The van der Waals surface area contributed by atoms with Gasteiger partial charge in [0, 0.05) is 6.20 Å². The lowest BCUT2D eigenvalue weighted by molar-refractivity contribution is 0.394. The molecule has 0 saturated heterocycles. The van der Waals surface area contributed by atoms with Crippen LogP contribution in [-0.2, 0) is 0 Å². The number of rotatable bonds is 2. The van der Waals surface area contributed by atoms with E-state index in [2.05, 4.69) is 15.0 Å². The maximum absolute atomic E-state index is 5.11. The van der Waals surface area contributed by atoms with E-state index in [1.807, 2.05) is 17.7 Å². The molecule has 0 atom stereocenters. The van der Waals surface area contributed by atoms with Crippen LogP contribution in [0.25, 0.3) is 5.69 Å². The van der Waals surface area contributed by atoms with Gasteiger partial charge in [-0.05, 0) is 6.92 Å². The summed E-state index contributed by atoms with van der Waals surface area (Å²) in [6, 6.07) is 0. The first-order chi connectivity index (χ1) is 6.81. The van der Waals surface area contributed by atoms with Gasteiger partial charge < -0.3 is 4.74 Å². The molecule has 2 rings (SSSR count). The van der Waals surface area contributed by atoms with Gasteiger partial charge in [0.1, 0.15) is 12.0 Å². The van der Waals surface area contributed by atoms with Gasteiger partial charge in [-0.15, -0.1) is 0 Å². The Morgan fingerprint density at radius 3 is 2.86 bits per heavy atom. The van der Waals surface area contributed by atoms with Crippen molar-refractivity contribution in [3.05, 3.63) is 30.7 Å². The van der Waals surface area contributed by atoms with Crippen molar-refractivity contribution in [1.29, 1.82) is 0 Å². The number of aryl methyl sites for hydroxylation is 1. The monoisotopic (exact) mass is 190 g/mol. The first-order valence-electron chi connectivity index (χ1n) is 4.16. The molecule has 2 heterocycles. The molecule has 0 aliphatic heterocycles. The topological polar surface area (TPSA) is 52.8 Å². The van der Waals surface area contributed by atoms with Gasteiger partial charge >= 0.3 is 0 Å². The minimum Gasteiger partial charge on any atom is -0.479 e. The van der Waals surface area contributed by atoms with Crippen LogP contribution in [-0.4, -0.2) is 26.6 Å². The van der Waals surface area contributed by atoms with Crippen LogP contribution in [0.15, 0.2) is 25.0 Å². The molecule has 0 radical (unpaired) electrons. The first-order valence-corrected chi connectivity index (χ1v) is 4.16. The van der Waals surface area contributed by atoms with E-state index >= 15 is 0 Å². The first kappa shape index (κ1) is 8.68. The summed E-state index contributed by atoms with van der Waals surface area (Å²) >= 11 is 0. The quantitative estimate of drug-likeness (QED) is 0.708. The fourth-order valence-electron chi connectivity index (χ4n) is 1.20. The highest BCUT2D eigenvalue weighted by Crippen LogP contribution is 2.17. The second-order valence-corrected chi connectivity index (χ2v) is 2.84. The van der Waals surface area contributed by atoms with Gasteiger partial charge in [0.25, 0.3) is 0 Å². The van der Waals surface area contributed by atoms with Crippen molar-refractivity contribution in [3.63, 3.8) is 0 Å². The minimum atomic E-state index is 0.539. The minimum absolute atomic E-state index is 0.539. The third kappa shape index (κ3) is 1.44. The van der Waals surface area contributed by atoms with Gasteiger partial charge in [0.05, 0.1) is 25.3 Å². The van der Waals surface area contributed by atoms with E-state index in [1.165, 1.54) is 6.33 Å². The van der Waals surface area contributed by atoms with Crippen LogP contribution in [0.4, 0.5) is 0 Å². The van der Waals surface area contributed by atoms with Gasteiger partial charge in [-0.2, -0.15) is 4.98 Å². The highest BCUT2D eigenvalue weighted by molar-refractivity contribution is 5.38. The number of aromatic nitrogens is 4. The summed E-state index contributed by atoms with van der Waals surface area (Å²) in [5, 5.41) is 0. The van der Waals surface area contributed by atoms with E-state index < -0.39 is 0 Å². The smallest absolute Gasteiger partial charge is 0.241 e. The molecule has 0 amide bonds. The molecule has 0 aliphatic rings. The van der Waals surface area contributed by atoms with E-state index in [0.717, 1.165) is 11.4 Å². The molecule has 2 aromatic rings. The Kier molecular flexibility index (Phi) is 2.14. The van der Waals surface area contributed by atoms with Crippen molar-refractivity contribution >= 4 is 0 Å². The van der Waals surface area contributed by atoms with Crippen molar-refractivity contribution in [1.82, 2.24) is 19.5 Å². The third-order valence-electron chi connectivity index (χ3n) is 1.84. The molecule has 0 bridgehead atoms. The molecule has 0 spiro atoms. The molecule has 2 aromatic heterocycles. The highest BCUT2D eigenvalue weighted by atomic mass is 16.5. The number of nitrogens with zero attached hydrogens (tertiary/aromatic N) is 4. The number of ether oxygens (including phenoxy) is 1. The summed E-state index contributed by atoms with van der Waals surface area (Å²) in [4.78, 5) is 12.1. The second kappa shape index (κ2) is 3.45. The van der Waals surface area contributed by atoms with Crippen LogP contribution in [0.2, 0.25) is 0 Å². The van der Waals surface area contributed by atoms with Crippen LogP contribution in [0.1, 0.15) is 5.69 Å². The van der Waals surface area contributed by atoms with E-state index in [4.69, 9.17) is 4.74 Å². The van der Waals surface area contributed by atoms with Crippen LogP contribution in [0, 0.1) is 6.92 Å². The number of methoxy groups -OCH3 is 1. The normalized spacial score (nSPS) is 10.1. The zero-order chi connectivity index (χ0) is 9.97. The average Bonchev–Trinajstić information content (AvgIpc) is 2.65. The number of hydrogen-bond donors (Lipinski definition) is 0. The van der Waals surface area contributed by atoms with Crippen LogP contribution >= 0.6 is 0 Å². The Hall–Kier alpha value is -1.91. The summed E-state index contributed by atoms with van der Waals surface area (Å²) in [6.07, 6.45) is 6.73. The van der Waals surface area contributed by atoms with E-state index in [1.54, 1.807) is 19.6 Å². The third-order valence-corrected chi connectivity index (χ3v) is 1.84. The Balaban J connectivity index is 2.50. The molecule has 0 N–H and O–H groups in total. The summed E-state index contributed by atoms with van der Waals surface area (Å²) < 4.78 is 6.94. The fourth-order valence-corrected chi connectivity index (χ4v) is 1.20.